The molecular formula is C68H108O41. The van der Waals surface area contributed by atoms with E-state index < -0.39 is 305 Å². The molecule has 41 heteroatoms. The first-order chi connectivity index (χ1) is 51.7. The lowest BCUT2D eigenvalue weighted by Crippen LogP contribution is -2.69. The summed E-state index contributed by atoms with van der Waals surface area (Å²) in [7, 11) is 0. The molecule has 109 heavy (non-hydrogen) atoms. The van der Waals surface area contributed by atoms with Gasteiger partial charge in [0, 0.05) is 0 Å². The van der Waals surface area contributed by atoms with Crippen LogP contribution in [0.5, 0.6) is 0 Å². The molecule has 41 nitrogen and oxygen atoms in total. The fourth-order valence-corrected chi connectivity index (χ4v) is 15.0. The molecular weight excluding hydrogens is 1470 g/mol. The summed E-state index contributed by atoms with van der Waals surface area (Å²) in [5.74, 6) is 0. The molecule has 0 amide bonds. The summed E-state index contributed by atoms with van der Waals surface area (Å²) in [5, 5.41) is 271. The summed E-state index contributed by atoms with van der Waals surface area (Å²) in [6.07, 6.45) is -71.3. The number of aliphatic hydroxyl groups is 24. The van der Waals surface area contributed by atoms with Crippen molar-refractivity contribution >= 4 is 0 Å². The van der Waals surface area contributed by atoms with Crippen LogP contribution in [0.25, 0.3) is 0 Å². The van der Waals surface area contributed by atoms with Gasteiger partial charge in [0.1, 0.15) is 195 Å². The normalized spacial score (nSPS) is 49.2. The minimum atomic E-state index is -2.31. The molecule has 31 aliphatic rings. The summed E-state index contributed by atoms with van der Waals surface area (Å²) in [6, 6.07) is 0. The van der Waals surface area contributed by atoms with E-state index in [1.165, 1.54) is 17.2 Å². The van der Waals surface area contributed by atoms with Crippen molar-refractivity contribution in [3.63, 3.8) is 0 Å². The third-order valence-electron chi connectivity index (χ3n) is 21.3. The minimum absolute atomic E-state index is 0.0129. The topological polar surface area (TPSA) is 642 Å². The highest BCUT2D eigenvalue weighted by Crippen LogP contribution is 2.43. The van der Waals surface area contributed by atoms with Gasteiger partial charge in [0.25, 0.3) is 0 Å². The summed E-state index contributed by atoms with van der Waals surface area (Å²) in [6.45, 7) is 1.57. The maximum absolute atomic E-state index is 12.0. The molecule has 30 heterocycles. The SMILES string of the molecule is CC(C=CC1=C(C)CCCC1(C)C)=CC=CC(C)=CC(O)OCC1OC2OC3C(CO)OC(OC4C(CO)OC(OC5C(CO)OC(OC6C(CO)OC(OC7C(CO)OC(OC8C(CO)OC(OC9C(CO)OC(OC1C(O)C2O)C(O)C9O)C(O)C8O)C(O)C7O)C(O)C6O)C(O)C5O)C(O)C4O)C(O)C3O. The molecule has 41 atom stereocenters. The van der Waals surface area contributed by atoms with Crippen LogP contribution < -0.4 is 0 Å². The van der Waals surface area contributed by atoms with Crippen molar-refractivity contribution < 1.29 is 203 Å². The highest BCUT2D eigenvalue weighted by atomic mass is 16.8. The van der Waals surface area contributed by atoms with Crippen molar-refractivity contribution in [1.82, 2.24) is 0 Å². The minimum Gasteiger partial charge on any atom is -0.394 e. The zero-order valence-electron chi connectivity index (χ0n) is 60.1. The second-order valence-electron chi connectivity index (χ2n) is 29.4. The quantitative estimate of drug-likeness (QED) is 0.0535. The van der Waals surface area contributed by atoms with Crippen molar-refractivity contribution in [3.8, 4) is 0 Å². The number of allylic oxidation sites excluding steroid dienone is 9. The average molecular weight is 1580 g/mol. The summed E-state index contributed by atoms with van der Waals surface area (Å²) < 4.78 is 99.0. The highest BCUT2D eigenvalue weighted by molar-refractivity contribution is 5.37. The van der Waals surface area contributed by atoms with Crippen molar-refractivity contribution in [1.29, 1.82) is 0 Å². The van der Waals surface area contributed by atoms with Gasteiger partial charge in [0.05, 0.1) is 52.9 Å². The molecule has 16 bridgehead atoms. The predicted molar refractivity (Wildman–Crippen MR) is 352 cm³/mol. The van der Waals surface area contributed by atoms with Crippen molar-refractivity contribution in [2.24, 2.45) is 5.41 Å². The monoisotopic (exact) mass is 1580 g/mol. The molecule has 0 aromatic heterocycles. The molecule has 30 fully saturated rings. The van der Waals surface area contributed by atoms with E-state index in [-0.39, 0.29) is 5.41 Å². The van der Waals surface area contributed by atoms with Crippen molar-refractivity contribution in [2.75, 3.05) is 52.9 Å². The van der Waals surface area contributed by atoms with Crippen LogP contribution in [0.2, 0.25) is 0 Å². The van der Waals surface area contributed by atoms with E-state index in [4.69, 9.17) is 80.5 Å². The molecule has 0 spiro atoms. The number of ether oxygens (including phenoxy) is 17. The Morgan fingerprint density at radius 1 is 0.358 bits per heavy atom. The largest absolute Gasteiger partial charge is 0.394 e. The fraction of sp³-hybridized carbons (Fsp3) is 0.853. The van der Waals surface area contributed by atoms with Crippen LogP contribution in [0.4, 0.5) is 0 Å². The van der Waals surface area contributed by atoms with Crippen LogP contribution in [0.3, 0.4) is 0 Å². The van der Waals surface area contributed by atoms with E-state index in [0.717, 1.165) is 24.8 Å². The summed E-state index contributed by atoms with van der Waals surface area (Å²) in [5.41, 5.74) is 3.98. The van der Waals surface area contributed by atoms with Crippen molar-refractivity contribution in [2.45, 2.75) is 306 Å². The molecule has 0 aromatic carbocycles. The van der Waals surface area contributed by atoms with E-state index >= 15 is 0 Å². The van der Waals surface area contributed by atoms with Crippen LogP contribution in [-0.4, -0.2) is 427 Å². The molecule has 30 saturated heterocycles. The summed E-state index contributed by atoms with van der Waals surface area (Å²) >= 11 is 0. The van der Waals surface area contributed by atoms with E-state index in [1.54, 1.807) is 19.1 Å². The smallest absolute Gasteiger partial charge is 0.187 e. The van der Waals surface area contributed by atoms with Gasteiger partial charge in [0.15, 0.2) is 56.6 Å². The predicted octanol–water partition coefficient (Wildman–Crippen LogP) is -11.5. The molecule has 41 unspecified atom stereocenters. The van der Waals surface area contributed by atoms with Gasteiger partial charge in [-0.3, -0.25) is 0 Å². The first kappa shape index (κ1) is 88.4. The highest BCUT2D eigenvalue weighted by Gasteiger charge is 2.61. The Hall–Kier alpha value is -2.94. The molecule has 0 saturated carbocycles. The third-order valence-corrected chi connectivity index (χ3v) is 21.3. The van der Waals surface area contributed by atoms with Gasteiger partial charge in [-0.1, -0.05) is 60.9 Å². The second-order valence-corrected chi connectivity index (χ2v) is 29.4. The van der Waals surface area contributed by atoms with E-state index in [1.807, 2.05) is 19.1 Å². The molecule has 0 radical (unpaired) electrons. The maximum Gasteiger partial charge on any atom is 0.187 e. The van der Waals surface area contributed by atoms with Gasteiger partial charge >= 0.3 is 0 Å². The molecule has 31 rings (SSSR count). The Labute approximate surface area is 624 Å². The first-order valence-corrected chi connectivity index (χ1v) is 36.1. The van der Waals surface area contributed by atoms with Gasteiger partial charge in [-0.05, 0) is 57.1 Å². The first-order valence-electron chi connectivity index (χ1n) is 36.1. The lowest BCUT2D eigenvalue weighted by molar-refractivity contribution is -0.404. The second kappa shape index (κ2) is 38.4. The number of hydrogen-bond acceptors (Lipinski definition) is 41. The average Bonchev–Trinajstić information content (AvgIpc) is 0.776. The maximum atomic E-state index is 12.0. The zero-order chi connectivity index (χ0) is 79.5. The molecule has 24 N–H and O–H groups in total. The standard InChI is InChI=1S/C68H108O41/c1-23(11-12-26-25(3)10-7-13-68(26,4)5)8-6-9-24(2)14-35(76)93-22-34-59-43(84)51(92)67(101-34)108-58-33(21-75)99-65(49(90)41(58)82)106-56-31(19-73)97-63(47(88)39(56)80)104-54-29(17-71)95-61(45(86)37(54)78)102-52-27(15-69)94-60(44(85)36(52)77)103-53-28(16-70)96-62(46(87)38(53)79)105-55-30(18-72)98-64(48(89)40(55)81)107-57-32(20-74)100-66(109-59)50(91)42(57)83/h6,8-9,11-12,14,27-67,69-92H,7,10,13,15-22H2,1-5H3. The van der Waals surface area contributed by atoms with Crippen molar-refractivity contribution in [3.05, 3.63) is 58.7 Å². The van der Waals surface area contributed by atoms with Gasteiger partial charge in [-0.15, -0.1) is 0 Å². The van der Waals surface area contributed by atoms with E-state index in [9.17, 15) is 123 Å². The van der Waals surface area contributed by atoms with Gasteiger partial charge in [-0.25, -0.2) is 0 Å². The Morgan fingerprint density at radius 3 is 0.835 bits per heavy atom. The third kappa shape index (κ3) is 19.4. The Morgan fingerprint density at radius 2 is 0.596 bits per heavy atom. The van der Waals surface area contributed by atoms with Crippen LogP contribution in [0.1, 0.15) is 53.9 Å². The molecule has 1 aliphatic carbocycles. The number of aliphatic hydroxyl groups excluding tert-OH is 24. The van der Waals surface area contributed by atoms with Crippen LogP contribution in [0.15, 0.2) is 58.7 Å². The number of rotatable bonds is 15. The molecule has 0 aromatic rings. The number of hydrogen-bond donors (Lipinski definition) is 24. The van der Waals surface area contributed by atoms with E-state index in [0.29, 0.717) is 5.57 Å². The lowest BCUT2D eigenvalue weighted by Gasteiger charge is -2.50. The van der Waals surface area contributed by atoms with Gasteiger partial charge < -0.3 is 203 Å². The van der Waals surface area contributed by atoms with Gasteiger partial charge in [0.2, 0.25) is 0 Å². The van der Waals surface area contributed by atoms with E-state index in [2.05, 4.69) is 26.8 Å². The fourth-order valence-electron chi connectivity index (χ4n) is 15.0. The van der Waals surface area contributed by atoms with Crippen LogP contribution in [-0.2, 0) is 80.5 Å². The van der Waals surface area contributed by atoms with Crippen LogP contribution in [0, 0.1) is 5.41 Å². The Kier molecular flexibility index (Phi) is 31.2. The van der Waals surface area contributed by atoms with Crippen LogP contribution >= 0.6 is 0 Å². The summed E-state index contributed by atoms with van der Waals surface area (Å²) in [4.78, 5) is 0. The molecule has 30 aliphatic heterocycles. The van der Waals surface area contributed by atoms with Gasteiger partial charge in [-0.2, -0.15) is 0 Å². The Balaban J connectivity index is 0.917. The zero-order valence-corrected chi connectivity index (χ0v) is 60.1. The lowest BCUT2D eigenvalue weighted by atomic mass is 9.72. The molecule has 626 valence electrons. The Bertz CT molecular complexity index is 3000.